The van der Waals surface area contributed by atoms with E-state index in [0.717, 1.165) is 16.6 Å². The van der Waals surface area contributed by atoms with E-state index in [1.165, 1.54) is 11.1 Å². The number of allylic oxidation sites excluding steroid dienone is 1. The smallest absolute Gasteiger partial charge is 0.149 e. The summed E-state index contributed by atoms with van der Waals surface area (Å²) in [5, 5.41) is 19.0. The van der Waals surface area contributed by atoms with Crippen LogP contribution in [0.25, 0.3) is 22.7 Å². The SMILES string of the molecule is Cc1cc2nc(/C(C#N)=C\c3ccc(O)c(Br)c3)[nH]c2cc1C. The summed E-state index contributed by atoms with van der Waals surface area (Å²) in [5.41, 5.74) is 5.35. The second kappa shape index (κ2) is 5.90. The molecule has 0 saturated carbocycles. The van der Waals surface area contributed by atoms with Crippen molar-refractivity contribution in [2.75, 3.05) is 0 Å². The molecule has 0 atom stereocenters. The molecule has 0 saturated heterocycles. The van der Waals surface area contributed by atoms with E-state index in [0.29, 0.717) is 15.9 Å². The lowest BCUT2D eigenvalue weighted by molar-refractivity contribution is 0.472. The van der Waals surface area contributed by atoms with Crippen LogP contribution in [0.4, 0.5) is 0 Å². The molecule has 0 unspecified atom stereocenters. The predicted octanol–water partition coefficient (Wildman–Crippen LogP) is 4.71. The van der Waals surface area contributed by atoms with Crippen molar-refractivity contribution in [2.24, 2.45) is 0 Å². The minimum Gasteiger partial charge on any atom is -0.507 e. The molecular weight excluding hydrogens is 354 g/mol. The highest BCUT2D eigenvalue weighted by Gasteiger charge is 2.09. The summed E-state index contributed by atoms with van der Waals surface area (Å²) in [5.74, 6) is 0.701. The molecular formula is C18H14BrN3O. The van der Waals surface area contributed by atoms with Gasteiger partial charge in [0, 0.05) is 0 Å². The van der Waals surface area contributed by atoms with Gasteiger partial charge in [0.05, 0.1) is 21.1 Å². The van der Waals surface area contributed by atoms with E-state index in [1.54, 1.807) is 24.3 Å². The maximum atomic E-state index is 9.55. The van der Waals surface area contributed by atoms with E-state index in [2.05, 4.69) is 32.0 Å². The summed E-state index contributed by atoms with van der Waals surface area (Å²) >= 11 is 3.27. The van der Waals surface area contributed by atoms with Crippen molar-refractivity contribution in [1.29, 1.82) is 5.26 Å². The fraction of sp³-hybridized carbons (Fsp3) is 0.111. The third kappa shape index (κ3) is 2.99. The van der Waals surface area contributed by atoms with Gasteiger partial charge in [0.1, 0.15) is 17.6 Å². The molecule has 114 valence electrons. The number of aromatic nitrogens is 2. The Morgan fingerprint density at radius 2 is 2.00 bits per heavy atom. The molecule has 1 aromatic heterocycles. The molecule has 3 aromatic rings. The van der Waals surface area contributed by atoms with E-state index < -0.39 is 0 Å². The quantitative estimate of drug-likeness (QED) is 0.644. The second-order valence-electron chi connectivity index (χ2n) is 5.42. The number of benzene rings is 2. The van der Waals surface area contributed by atoms with Crippen LogP contribution in [0.5, 0.6) is 5.75 Å². The average molecular weight is 368 g/mol. The number of H-pyrrole nitrogens is 1. The number of fused-ring (bicyclic) bond motifs is 1. The minimum absolute atomic E-state index is 0.162. The number of nitriles is 1. The van der Waals surface area contributed by atoms with Gasteiger partial charge in [-0.05, 0) is 76.8 Å². The van der Waals surface area contributed by atoms with Crippen molar-refractivity contribution in [1.82, 2.24) is 9.97 Å². The maximum absolute atomic E-state index is 9.55. The molecule has 0 aliphatic carbocycles. The number of nitrogens with zero attached hydrogens (tertiary/aromatic N) is 2. The lowest BCUT2D eigenvalue weighted by atomic mass is 10.1. The number of rotatable bonds is 2. The normalized spacial score (nSPS) is 11.7. The molecule has 3 rings (SSSR count). The summed E-state index contributed by atoms with van der Waals surface area (Å²) in [6.07, 6.45) is 1.74. The zero-order valence-corrected chi connectivity index (χ0v) is 14.3. The summed E-state index contributed by atoms with van der Waals surface area (Å²) < 4.78 is 0.583. The molecule has 0 spiro atoms. The number of aromatic amines is 1. The Morgan fingerprint density at radius 3 is 2.70 bits per heavy atom. The van der Waals surface area contributed by atoms with Crippen molar-refractivity contribution >= 4 is 38.6 Å². The molecule has 0 amide bonds. The molecule has 0 aliphatic rings. The molecule has 23 heavy (non-hydrogen) atoms. The van der Waals surface area contributed by atoms with E-state index in [4.69, 9.17) is 0 Å². The number of imidazole rings is 1. The van der Waals surface area contributed by atoms with Gasteiger partial charge in [0.2, 0.25) is 0 Å². The molecule has 2 aromatic carbocycles. The van der Waals surface area contributed by atoms with Gasteiger partial charge in [-0.25, -0.2) is 4.98 Å². The van der Waals surface area contributed by atoms with Crippen LogP contribution in [-0.2, 0) is 0 Å². The fourth-order valence-electron chi connectivity index (χ4n) is 2.33. The van der Waals surface area contributed by atoms with Gasteiger partial charge in [-0.3, -0.25) is 0 Å². The maximum Gasteiger partial charge on any atom is 0.149 e. The number of aromatic hydroxyl groups is 1. The van der Waals surface area contributed by atoms with E-state index in [1.807, 2.05) is 26.0 Å². The summed E-state index contributed by atoms with van der Waals surface area (Å²) in [6, 6.07) is 11.3. The molecule has 2 N–H and O–H groups in total. The second-order valence-corrected chi connectivity index (χ2v) is 6.27. The molecule has 0 bridgehead atoms. The minimum atomic E-state index is 0.162. The first kappa shape index (κ1) is 15.3. The van der Waals surface area contributed by atoms with Crippen LogP contribution in [0, 0.1) is 25.2 Å². The molecule has 0 radical (unpaired) electrons. The number of hydrogen-bond donors (Lipinski definition) is 2. The standard InChI is InChI=1S/C18H14BrN3O/c1-10-5-15-16(6-11(10)2)22-18(21-15)13(9-20)7-12-3-4-17(23)14(19)8-12/h3-8,23H,1-2H3,(H,21,22)/b13-7-. The Bertz CT molecular complexity index is 941. The lowest BCUT2D eigenvalue weighted by Gasteiger charge is -1.99. The molecule has 5 heteroatoms. The highest BCUT2D eigenvalue weighted by Crippen LogP contribution is 2.27. The number of hydrogen-bond acceptors (Lipinski definition) is 3. The Hall–Kier alpha value is -2.58. The van der Waals surface area contributed by atoms with Gasteiger partial charge in [-0.2, -0.15) is 5.26 Å². The lowest BCUT2D eigenvalue weighted by Crippen LogP contribution is -1.85. The van der Waals surface area contributed by atoms with E-state index >= 15 is 0 Å². The van der Waals surface area contributed by atoms with Crippen molar-refractivity contribution in [3.8, 4) is 11.8 Å². The Kier molecular flexibility index (Phi) is 3.93. The molecule has 4 nitrogen and oxygen atoms in total. The molecule has 0 fully saturated rings. The van der Waals surface area contributed by atoms with E-state index in [9.17, 15) is 10.4 Å². The van der Waals surface area contributed by atoms with Crippen molar-refractivity contribution in [2.45, 2.75) is 13.8 Å². The Balaban J connectivity index is 2.08. The predicted molar refractivity (Wildman–Crippen MR) is 94.9 cm³/mol. The van der Waals surface area contributed by atoms with Crippen molar-refractivity contribution < 1.29 is 5.11 Å². The third-order valence-electron chi connectivity index (χ3n) is 3.76. The monoisotopic (exact) mass is 367 g/mol. The van der Waals surface area contributed by atoms with Crippen LogP contribution in [0.2, 0.25) is 0 Å². The highest BCUT2D eigenvalue weighted by molar-refractivity contribution is 9.10. The largest absolute Gasteiger partial charge is 0.507 e. The summed E-state index contributed by atoms with van der Waals surface area (Å²) in [6.45, 7) is 4.09. The van der Waals surface area contributed by atoms with E-state index in [-0.39, 0.29) is 5.75 Å². The van der Waals surface area contributed by atoms with Gasteiger partial charge < -0.3 is 10.1 Å². The fourth-order valence-corrected chi connectivity index (χ4v) is 2.73. The van der Waals surface area contributed by atoms with Gasteiger partial charge in [-0.1, -0.05) is 6.07 Å². The van der Waals surface area contributed by atoms with Gasteiger partial charge in [0.15, 0.2) is 0 Å². The zero-order chi connectivity index (χ0) is 16.6. The number of phenols is 1. The van der Waals surface area contributed by atoms with Gasteiger partial charge >= 0.3 is 0 Å². The van der Waals surface area contributed by atoms with Crippen LogP contribution < -0.4 is 0 Å². The number of aryl methyl sites for hydroxylation is 2. The van der Waals surface area contributed by atoms with Crippen molar-refractivity contribution in [3.63, 3.8) is 0 Å². The number of phenolic OH excluding ortho intramolecular Hbond substituents is 1. The van der Waals surface area contributed by atoms with Gasteiger partial charge in [-0.15, -0.1) is 0 Å². The van der Waals surface area contributed by atoms with Crippen LogP contribution in [0.3, 0.4) is 0 Å². The Labute approximate surface area is 142 Å². The highest BCUT2D eigenvalue weighted by atomic mass is 79.9. The van der Waals surface area contributed by atoms with Crippen LogP contribution in [-0.4, -0.2) is 15.1 Å². The summed E-state index contributed by atoms with van der Waals surface area (Å²) in [7, 11) is 0. The molecule has 0 aliphatic heterocycles. The van der Waals surface area contributed by atoms with Crippen LogP contribution in [0.1, 0.15) is 22.5 Å². The topological polar surface area (TPSA) is 72.7 Å². The zero-order valence-electron chi connectivity index (χ0n) is 12.7. The van der Waals surface area contributed by atoms with Crippen molar-refractivity contribution in [3.05, 3.63) is 57.3 Å². The first-order valence-corrected chi connectivity index (χ1v) is 7.85. The average Bonchev–Trinajstić information content (AvgIpc) is 2.91. The Morgan fingerprint density at radius 1 is 1.26 bits per heavy atom. The summed E-state index contributed by atoms with van der Waals surface area (Å²) in [4.78, 5) is 7.71. The molecule has 1 heterocycles. The van der Waals surface area contributed by atoms with Crippen LogP contribution >= 0.6 is 15.9 Å². The third-order valence-corrected chi connectivity index (χ3v) is 4.39. The number of halogens is 1. The number of nitrogens with one attached hydrogen (secondary N) is 1. The first-order chi connectivity index (χ1) is 11.0. The first-order valence-electron chi connectivity index (χ1n) is 7.05. The van der Waals surface area contributed by atoms with Crippen LogP contribution in [0.15, 0.2) is 34.8 Å². The van der Waals surface area contributed by atoms with Gasteiger partial charge in [0.25, 0.3) is 0 Å².